The monoisotopic (exact) mass is 464 g/mol. The van der Waals surface area contributed by atoms with E-state index in [4.69, 9.17) is 0 Å². The fourth-order valence-corrected chi connectivity index (χ4v) is 2.68. The van der Waals surface area contributed by atoms with Gasteiger partial charge in [-0.1, -0.05) is 24.3 Å². The summed E-state index contributed by atoms with van der Waals surface area (Å²) in [7, 11) is 0. The van der Waals surface area contributed by atoms with Crippen molar-refractivity contribution in [2.75, 3.05) is 13.1 Å². The molecule has 2 N–H and O–H groups in total. The molecule has 0 aliphatic rings. The Labute approximate surface area is 171 Å². The molecule has 0 fully saturated rings. The molecule has 2 aromatic heterocycles. The van der Waals surface area contributed by atoms with E-state index in [-0.39, 0.29) is 24.0 Å². The first-order valence-corrected chi connectivity index (χ1v) is 8.69. The predicted octanol–water partition coefficient (Wildman–Crippen LogP) is 3.19. The van der Waals surface area contributed by atoms with Crippen LogP contribution in [0, 0.1) is 0 Å². The number of nitrogens with zero attached hydrogens (tertiary/aromatic N) is 4. The number of hydrogen-bond acceptors (Lipinski definition) is 3. The van der Waals surface area contributed by atoms with Crippen molar-refractivity contribution in [2.24, 2.45) is 4.99 Å². The number of rotatable bonds is 7. The van der Waals surface area contributed by atoms with E-state index < -0.39 is 0 Å². The minimum absolute atomic E-state index is 0. The Kier molecular flexibility index (Phi) is 8.33. The summed E-state index contributed by atoms with van der Waals surface area (Å²) in [6, 6.07) is 12.2. The molecule has 26 heavy (non-hydrogen) atoms. The summed E-state index contributed by atoms with van der Waals surface area (Å²) in [5.41, 5.74) is 0.992. The molecular weight excluding hydrogens is 439 g/mol. The lowest BCUT2D eigenvalue weighted by molar-refractivity contribution is 0.570. The molecule has 2 heterocycles. The maximum atomic E-state index is 4.68. The molecule has 0 spiro atoms. The minimum atomic E-state index is 0. The fourth-order valence-electron chi connectivity index (χ4n) is 2.68. The van der Waals surface area contributed by atoms with Gasteiger partial charge in [-0.15, -0.1) is 24.0 Å². The summed E-state index contributed by atoms with van der Waals surface area (Å²) in [5.74, 6) is 0.817. The second-order valence-corrected chi connectivity index (χ2v) is 5.72. The van der Waals surface area contributed by atoms with Crippen molar-refractivity contribution in [3.8, 4) is 0 Å². The lowest BCUT2D eigenvalue weighted by Crippen LogP contribution is -2.38. The highest BCUT2D eigenvalue weighted by Crippen LogP contribution is 2.16. The lowest BCUT2D eigenvalue weighted by Gasteiger charge is -2.11. The molecule has 7 heteroatoms. The van der Waals surface area contributed by atoms with Crippen molar-refractivity contribution in [1.82, 2.24) is 25.4 Å². The Morgan fingerprint density at radius 3 is 2.81 bits per heavy atom. The van der Waals surface area contributed by atoms with Crippen LogP contribution >= 0.6 is 24.0 Å². The molecule has 138 valence electrons. The van der Waals surface area contributed by atoms with Crippen LogP contribution in [0.25, 0.3) is 10.8 Å². The summed E-state index contributed by atoms with van der Waals surface area (Å²) in [6.07, 6.45) is 6.61. The first kappa shape index (κ1) is 20.2. The van der Waals surface area contributed by atoms with Crippen molar-refractivity contribution in [1.29, 1.82) is 0 Å². The van der Waals surface area contributed by atoms with Crippen molar-refractivity contribution in [3.63, 3.8) is 0 Å². The second-order valence-electron chi connectivity index (χ2n) is 5.72. The van der Waals surface area contributed by atoms with E-state index in [1.807, 2.05) is 41.3 Å². The van der Waals surface area contributed by atoms with E-state index in [0.29, 0.717) is 6.54 Å². The van der Waals surface area contributed by atoms with Crippen LogP contribution in [0.3, 0.4) is 0 Å². The van der Waals surface area contributed by atoms with Gasteiger partial charge in [0.1, 0.15) is 0 Å². The van der Waals surface area contributed by atoms with Crippen LogP contribution in [0.15, 0.2) is 60.0 Å². The number of hydrogen-bond donors (Lipinski definition) is 2. The second kappa shape index (κ2) is 10.7. The quantitative estimate of drug-likeness (QED) is 0.244. The highest BCUT2D eigenvalue weighted by molar-refractivity contribution is 14.0. The van der Waals surface area contributed by atoms with E-state index in [1.165, 1.54) is 5.39 Å². The molecule has 1 aromatic carbocycles. The number of nitrogens with one attached hydrogen (secondary N) is 2. The fraction of sp³-hybridized carbons (Fsp3) is 0.316. The number of fused-ring (bicyclic) bond motifs is 1. The van der Waals surface area contributed by atoms with Crippen LogP contribution < -0.4 is 10.6 Å². The summed E-state index contributed by atoms with van der Waals surface area (Å²) in [6.45, 7) is 5.18. The van der Waals surface area contributed by atoms with Crippen molar-refractivity contribution < 1.29 is 0 Å². The Hall–Kier alpha value is -2.16. The molecule has 0 aliphatic heterocycles. The number of guanidine groups is 1. The lowest BCUT2D eigenvalue weighted by atomic mass is 10.1. The first-order valence-electron chi connectivity index (χ1n) is 8.69. The number of aryl methyl sites for hydroxylation is 1. The van der Waals surface area contributed by atoms with Crippen LogP contribution in [0.2, 0.25) is 0 Å². The third-order valence-corrected chi connectivity index (χ3v) is 3.90. The van der Waals surface area contributed by atoms with Crippen molar-refractivity contribution >= 4 is 40.7 Å². The number of pyridine rings is 1. The molecule has 0 saturated heterocycles. The minimum Gasteiger partial charge on any atom is -0.357 e. The standard InChI is InChI=1S/C19H24N6.HI/c1-2-20-19(22-10-5-13-25-14-6-11-24-25)23-15-18-17-8-4-3-7-16(17)9-12-21-18;/h3-4,6-9,11-12,14H,2,5,10,13,15H2,1H3,(H2,20,22,23);1H. The highest BCUT2D eigenvalue weighted by atomic mass is 127. The SMILES string of the molecule is CCNC(=NCc1nccc2ccccc12)NCCCn1cccn1.I. The van der Waals surface area contributed by atoms with Gasteiger partial charge in [0, 0.05) is 43.6 Å². The third-order valence-electron chi connectivity index (χ3n) is 3.90. The normalized spacial score (nSPS) is 11.2. The highest BCUT2D eigenvalue weighted by Gasteiger charge is 2.02. The van der Waals surface area contributed by atoms with Gasteiger partial charge in [-0.05, 0) is 30.9 Å². The van der Waals surface area contributed by atoms with Crippen LogP contribution in [0.5, 0.6) is 0 Å². The molecule has 6 nitrogen and oxygen atoms in total. The topological polar surface area (TPSA) is 67.1 Å². The molecule has 0 unspecified atom stereocenters. The van der Waals surface area contributed by atoms with E-state index in [2.05, 4.69) is 44.8 Å². The maximum Gasteiger partial charge on any atom is 0.191 e. The summed E-state index contributed by atoms with van der Waals surface area (Å²) >= 11 is 0. The Morgan fingerprint density at radius 2 is 2.00 bits per heavy atom. The van der Waals surface area contributed by atoms with Crippen molar-refractivity contribution in [2.45, 2.75) is 26.4 Å². The van der Waals surface area contributed by atoms with Gasteiger partial charge in [-0.25, -0.2) is 4.99 Å². The van der Waals surface area contributed by atoms with E-state index in [9.17, 15) is 0 Å². The molecule has 3 rings (SSSR count). The van der Waals surface area contributed by atoms with E-state index >= 15 is 0 Å². The zero-order valence-electron chi connectivity index (χ0n) is 14.9. The molecule has 0 atom stereocenters. The van der Waals surface area contributed by atoms with Crippen LogP contribution in [-0.4, -0.2) is 33.8 Å². The molecule has 0 saturated carbocycles. The van der Waals surface area contributed by atoms with Gasteiger partial charge < -0.3 is 10.6 Å². The van der Waals surface area contributed by atoms with Gasteiger partial charge in [-0.3, -0.25) is 9.67 Å². The van der Waals surface area contributed by atoms with Gasteiger partial charge in [0.15, 0.2) is 5.96 Å². The summed E-state index contributed by atoms with van der Waals surface area (Å²) in [5, 5.41) is 13.2. The Balaban J connectivity index is 0.00000243. The average molecular weight is 464 g/mol. The van der Waals surface area contributed by atoms with Gasteiger partial charge >= 0.3 is 0 Å². The smallest absolute Gasteiger partial charge is 0.191 e. The summed E-state index contributed by atoms with van der Waals surface area (Å²) in [4.78, 5) is 9.17. The average Bonchev–Trinajstić information content (AvgIpc) is 3.16. The summed E-state index contributed by atoms with van der Waals surface area (Å²) < 4.78 is 1.94. The van der Waals surface area contributed by atoms with Crippen LogP contribution in [-0.2, 0) is 13.1 Å². The van der Waals surface area contributed by atoms with Gasteiger partial charge in [0.25, 0.3) is 0 Å². The molecule has 3 aromatic rings. The van der Waals surface area contributed by atoms with Crippen LogP contribution in [0.1, 0.15) is 19.0 Å². The van der Waals surface area contributed by atoms with E-state index in [1.54, 1.807) is 6.20 Å². The zero-order valence-corrected chi connectivity index (χ0v) is 17.3. The van der Waals surface area contributed by atoms with Gasteiger partial charge in [0.05, 0.1) is 12.2 Å². The Bertz CT molecular complexity index is 811. The van der Waals surface area contributed by atoms with Crippen LogP contribution in [0.4, 0.5) is 0 Å². The van der Waals surface area contributed by atoms with E-state index in [0.717, 1.165) is 43.1 Å². The maximum absolute atomic E-state index is 4.68. The largest absolute Gasteiger partial charge is 0.357 e. The number of aromatic nitrogens is 3. The number of benzene rings is 1. The molecule has 0 radical (unpaired) electrons. The molecular formula is C19H25IN6. The third kappa shape index (κ3) is 5.69. The molecule has 0 aliphatic carbocycles. The Morgan fingerprint density at radius 1 is 1.12 bits per heavy atom. The zero-order chi connectivity index (χ0) is 17.3. The molecule has 0 bridgehead atoms. The predicted molar refractivity (Wildman–Crippen MR) is 117 cm³/mol. The van der Waals surface area contributed by atoms with Crippen molar-refractivity contribution in [3.05, 3.63) is 60.7 Å². The van der Waals surface area contributed by atoms with Gasteiger partial charge in [0.2, 0.25) is 0 Å². The number of aliphatic imine (C=N–C) groups is 1. The van der Waals surface area contributed by atoms with Gasteiger partial charge in [-0.2, -0.15) is 5.10 Å². The number of halogens is 1. The first-order chi connectivity index (χ1) is 12.4. The molecule has 0 amide bonds.